The number of carbonyl (C=O) groups excluding carboxylic acids is 1. The van der Waals surface area contributed by atoms with Gasteiger partial charge >= 0.3 is 0 Å². The Balaban J connectivity index is 1.35. The number of allylic oxidation sites excluding steroid dienone is 1. The number of benzene rings is 2. The van der Waals surface area contributed by atoms with Gasteiger partial charge in [0.15, 0.2) is 11.0 Å². The second kappa shape index (κ2) is 10.0. The van der Waals surface area contributed by atoms with E-state index < -0.39 is 0 Å². The Morgan fingerprint density at radius 1 is 1.03 bits per heavy atom. The van der Waals surface area contributed by atoms with Crippen molar-refractivity contribution in [1.82, 2.24) is 9.78 Å². The first-order valence-electron chi connectivity index (χ1n) is 10.7. The molecule has 33 heavy (non-hydrogen) atoms. The van der Waals surface area contributed by atoms with Crippen molar-refractivity contribution < 1.29 is 4.79 Å². The number of thiophene rings is 1. The molecule has 1 aliphatic heterocycles. The zero-order chi connectivity index (χ0) is 22.5. The summed E-state index contributed by atoms with van der Waals surface area (Å²) >= 11 is 3.36. The molecule has 5 nitrogen and oxygen atoms in total. The molecule has 0 unspecified atom stereocenters. The van der Waals surface area contributed by atoms with Crippen LogP contribution in [-0.4, -0.2) is 33.0 Å². The fourth-order valence-electron chi connectivity index (χ4n) is 3.47. The Hall–Kier alpha value is -3.42. The summed E-state index contributed by atoms with van der Waals surface area (Å²) in [5.74, 6) is 1.04. The lowest BCUT2D eigenvalue weighted by atomic mass is 10.1. The monoisotopic (exact) mass is 470 g/mol. The average Bonchev–Trinajstić information content (AvgIpc) is 3.54. The SMILES string of the molecule is O=C(C=Cc1cn(-c2ccccc2)nc1-c1cccs1)c1ccc(NC2=NCCCS2)cc1. The highest BCUT2D eigenvalue weighted by Gasteiger charge is 2.12. The van der Waals surface area contributed by atoms with Gasteiger partial charge in [-0.05, 0) is 66.4 Å². The maximum absolute atomic E-state index is 12.8. The number of rotatable bonds is 6. The molecule has 3 heterocycles. The van der Waals surface area contributed by atoms with E-state index in [0.717, 1.165) is 51.4 Å². The minimum atomic E-state index is -0.0458. The first-order chi connectivity index (χ1) is 16.3. The predicted octanol–water partition coefficient (Wildman–Crippen LogP) is 6.40. The lowest BCUT2D eigenvalue weighted by Crippen LogP contribution is -2.13. The van der Waals surface area contributed by atoms with Gasteiger partial charge in [0.05, 0.1) is 10.6 Å². The largest absolute Gasteiger partial charge is 0.335 e. The fraction of sp³-hybridized carbons (Fsp3) is 0.115. The number of aliphatic imine (C=N–C) groups is 1. The van der Waals surface area contributed by atoms with Crippen LogP contribution < -0.4 is 5.32 Å². The van der Waals surface area contributed by atoms with Gasteiger partial charge in [0.2, 0.25) is 0 Å². The summed E-state index contributed by atoms with van der Waals surface area (Å²) < 4.78 is 1.85. The summed E-state index contributed by atoms with van der Waals surface area (Å²) in [7, 11) is 0. The third kappa shape index (κ3) is 5.16. The number of para-hydroxylation sites is 1. The van der Waals surface area contributed by atoms with E-state index in [0.29, 0.717) is 5.56 Å². The Kier molecular flexibility index (Phi) is 6.51. The summed E-state index contributed by atoms with van der Waals surface area (Å²) in [5.41, 5.74) is 4.32. The molecular formula is C26H22N4OS2. The highest BCUT2D eigenvalue weighted by Crippen LogP contribution is 2.29. The van der Waals surface area contributed by atoms with Gasteiger partial charge in [-0.1, -0.05) is 36.0 Å². The molecule has 0 bridgehead atoms. The lowest BCUT2D eigenvalue weighted by molar-refractivity contribution is 0.104. The fourth-order valence-corrected chi connectivity index (χ4v) is 5.04. The van der Waals surface area contributed by atoms with Gasteiger partial charge in [0.1, 0.15) is 5.69 Å². The molecular weight excluding hydrogens is 448 g/mol. The maximum atomic E-state index is 12.8. The quantitative estimate of drug-likeness (QED) is 0.262. The Labute approximate surface area is 200 Å². The molecule has 0 radical (unpaired) electrons. The van der Waals surface area contributed by atoms with Crippen molar-refractivity contribution in [3.05, 3.63) is 95.5 Å². The van der Waals surface area contributed by atoms with Crippen LogP contribution in [0.25, 0.3) is 22.3 Å². The van der Waals surface area contributed by atoms with Crippen molar-refractivity contribution in [3.63, 3.8) is 0 Å². The third-order valence-electron chi connectivity index (χ3n) is 5.15. The molecule has 0 atom stereocenters. The molecule has 0 aliphatic carbocycles. The number of nitrogens with one attached hydrogen (secondary N) is 1. The molecule has 4 aromatic rings. The minimum Gasteiger partial charge on any atom is -0.335 e. The molecule has 0 saturated heterocycles. The van der Waals surface area contributed by atoms with Crippen LogP contribution in [0.3, 0.4) is 0 Å². The highest BCUT2D eigenvalue weighted by molar-refractivity contribution is 8.14. The summed E-state index contributed by atoms with van der Waals surface area (Å²) in [6.07, 6.45) is 6.55. The van der Waals surface area contributed by atoms with Crippen LogP contribution in [0.2, 0.25) is 0 Å². The van der Waals surface area contributed by atoms with Gasteiger partial charge in [-0.25, -0.2) is 4.68 Å². The molecule has 1 N–H and O–H groups in total. The zero-order valence-corrected chi connectivity index (χ0v) is 19.5. The number of anilines is 1. The number of carbonyl (C=O) groups is 1. The number of thioether (sulfide) groups is 1. The van der Waals surface area contributed by atoms with Gasteiger partial charge in [0.25, 0.3) is 0 Å². The smallest absolute Gasteiger partial charge is 0.185 e. The van der Waals surface area contributed by atoms with Crippen molar-refractivity contribution in [2.75, 3.05) is 17.6 Å². The van der Waals surface area contributed by atoms with Gasteiger partial charge in [-0.2, -0.15) is 5.10 Å². The van der Waals surface area contributed by atoms with Crippen molar-refractivity contribution in [1.29, 1.82) is 0 Å². The Bertz CT molecular complexity index is 1290. The summed E-state index contributed by atoms with van der Waals surface area (Å²) in [6.45, 7) is 0.866. The topological polar surface area (TPSA) is 59.3 Å². The third-order valence-corrected chi connectivity index (χ3v) is 7.02. The highest BCUT2D eigenvalue weighted by atomic mass is 32.2. The Morgan fingerprint density at radius 3 is 2.61 bits per heavy atom. The zero-order valence-electron chi connectivity index (χ0n) is 17.8. The average molecular weight is 471 g/mol. The van der Waals surface area contributed by atoms with Crippen LogP contribution in [0, 0.1) is 0 Å². The van der Waals surface area contributed by atoms with E-state index in [-0.39, 0.29) is 5.78 Å². The minimum absolute atomic E-state index is 0.0458. The van der Waals surface area contributed by atoms with Crippen LogP contribution in [0.1, 0.15) is 22.3 Å². The second-order valence-electron chi connectivity index (χ2n) is 7.48. The molecule has 164 valence electrons. The molecule has 0 fully saturated rings. The summed E-state index contributed by atoms with van der Waals surface area (Å²) in [4.78, 5) is 18.4. The first kappa shape index (κ1) is 21.4. The molecule has 7 heteroatoms. The molecule has 0 amide bonds. The van der Waals surface area contributed by atoms with Crippen molar-refractivity contribution in [3.8, 4) is 16.3 Å². The molecule has 2 aromatic carbocycles. The Morgan fingerprint density at radius 2 is 1.88 bits per heavy atom. The van der Waals surface area contributed by atoms with Gasteiger partial charge in [-0.15, -0.1) is 11.3 Å². The van der Waals surface area contributed by atoms with E-state index in [4.69, 9.17) is 5.10 Å². The normalized spacial score (nSPS) is 13.8. The van der Waals surface area contributed by atoms with Gasteiger partial charge in [-0.3, -0.25) is 9.79 Å². The number of nitrogens with zero attached hydrogens (tertiary/aromatic N) is 3. The number of hydrogen-bond donors (Lipinski definition) is 1. The number of aromatic nitrogens is 2. The predicted molar refractivity (Wildman–Crippen MR) is 140 cm³/mol. The van der Waals surface area contributed by atoms with Crippen LogP contribution in [0.5, 0.6) is 0 Å². The van der Waals surface area contributed by atoms with E-state index in [1.807, 2.05) is 89.1 Å². The first-order valence-corrected chi connectivity index (χ1v) is 12.6. The van der Waals surface area contributed by atoms with Crippen LogP contribution in [-0.2, 0) is 0 Å². The lowest BCUT2D eigenvalue weighted by Gasteiger charge is -2.13. The standard InChI is InChI=1S/C26H22N4OS2/c31-23(19-9-12-21(13-10-19)28-26-27-15-5-17-33-26)14-11-20-18-30(22-6-2-1-3-7-22)29-25(20)24-8-4-16-32-24/h1-4,6-14,16,18H,5,15,17H2,(H,27,28). The van der Waals surface area contributed by atoms with Gasteiger partial charge in [0, 0.05) is 35.3 Å². The number of amidine groups is 1. The van der Waals surface area contributed by atoms with Crippen molar-refractivity contribution in [2.45, 2.75) is 6.42 Å². The van der Waals surface area contributed by atoms with Crippen LogP contribution >= 0.6 is 23.1 Å². The number of ketones is 1. The van der Waals surface area contributed by atoms with Crippen molar-refractivity contribution in [2.24, 2.45) is 4.99 Å². The molecule has 5 rings (SSSR count). The molecule has 2 aromatic heterocycles. The van der Waals surface area contributed by atoms with Crippen molar-refractivity contribution >= 4 is 45.8 Å². The summed E-state index contributed by atoms with van der Waals surface area (Å²) in [6, 6.07) is 21.6. The molecule has 0 saturated carbocycles. The molecule has 0 spiro atoms. The van der Waals surface area contributed by atoms with E-state index in [9.17, 15) is 4.79 Å². The maximum Gasteiger partial charge on any atom is 0.185 e. The van der Waals surface area contributed by atoms with Crippen LogP contribution in [0.15, 0.2) is 89.4 Å². The number of hydrogen-bond acceptors (Lipinski definition) is 6. The van der Waals surface area contributed by atoms with E-state index >= 15 is 0 Å². The summed E-state index contributed by atoms with van der Waals surface area (Å²) in [5, 5.41) is 11.1. The second-order valence-corrected chi connectivity index (χ2v) is 9.51. The van der Waals surface area contributed by atoms with E-state index in [2.05, 4.69) is 10.3 Å². The van der Waals surface area contributed by atoms with E-state index in [1.165, 1.54) is 0 Å². The van der Waals surface area contributed by atoms with E-state index in [1.54, 1.807) is 29.2 Å². The molecule has 1 aliphatic rings. The van der Waals surface area contributed by atoms with Gasteiger partial charge < -0.3 is 5.32 Å². The van der Waals surface area contributed by atoms with Crippen LogP contribution in [0.4, 0.5) is 5.69 Å².